The normalized spacial score (nSPS) is 32.5. The molecule has 2 fully saturated rings. The number of carbonyl (C=O) groups is 2. The van der Waals surface area contributed by atoms with E-state index in [0.29, 0.717) is 25.4 Å². The van der Waals surface area contributed by atoms with Crippen molar-refractivity contribution < 1.29 is 19.4 Å². The number of ether oxygens (including phenoxy) is 1. The van der Waals surface area contributed by atoms with Crippen LogP contribution in [0.4, 0.5) is 0 Å². The van der Waals surface area contributed by atoms with E-state index in [9.17, 15) is 14.7 Å². The van der Waals surface area contributed by atoms with Crippen LogP contribution in [0.1, 0.15) is 46.0 Å². The third kappa shape index (κ3) is 3.45. The standard InChI is InChI=1S/C17H29NO4/c1-12(2)13-4-6-14(7-5-13)15(19)18-9-8-17(10-18,11-22-3)16(20)21/h12-14H,4-11H2,1-3H3,(H,20,21). The van der Waals surface area contributed by atoms with E-state index in [-0.39, 0.29) is 18.4 Å². The molecule has 1 saturated carbocycles. The van der Waals surface area contributed by atoms with Crippen molar-refractivity contribution in [2.24, 2.45) is 23.2 Å². The summed E-state index contributed by atoms with van der Waals surface area (Å²) in [6.45, 7) is 5.50. The molecule has 0 aromatic heterocycles. The first-order chi connectivity index (χ1) is 10.4. The molecule has 0 bridgehead atoms. The first kappa shape index (κ1) is 17.3. The van der Waals surface area contributed by atoms with Crippen molar-refractivity contribution >= 4 is 11.9 Å². The van der Waals surface area contributed by atoms with E-state index in [0.717, 1.165) is 31.6 Å². The lowest BCUT2D eigenvalue weighted by Gasteiger charge is -2.32. The summed E-state index contributed by atoms with van der Waals surface area (Å²) in [6.07, 6.45) is 4.61. The van der Waals surface area contributed by atoms with Crippen LogP contribution in [0.15, 0.2) is 0 Å². The van der Waals surface area contributed by atoms with Gasteiger partial charge in [-0.3, -0.25) is 9.59 Å². The van der Waals surface area contributed by atoms with Gasteiger partial charge in [-0.25, -0.2) is 0 Å². The average molecular weight is 311 g/mol. The van der Waals surface area contributed by atoms with Crippen molar-refractivity contribution in [3.8, 4) is 0 Å². The maximum atomic E-state index is 12.7. The second-order valence-corrected chi connectivity index (χ2v) is 7.38. The minimum atomic E-state index is -0.917. The third-order valence-corrected chi connectivity index (χ3v) is 5.60. The van der Waals surface area contributed by atoms with E-state index in [4.69, 9.17) is 4.74 Å². The van der Waals surface area contributed by atoms with Crippen LogP contribution >= 0.6 is 0 Å². The lowest BCUT2D eigenvalue weighted by atomic mass is 9.76. The van der Waals surface area contributed by atoms with Crippen LogP contribution in [-0.4, -0.2) is 48.7 Å². The molecule has 1 saturated heterocycles. The molecule has 1 N–H and O–H groups in total. The molecule has 5 nitrogen and oxygen atoms in total. The quantitative estimate of drug-likeness (QED) is 0.846. The second-order valence-electron chi connectivity index (χ2n) is 7.38. The van der Waals surface area contributed by atoms with E-state index >= 15 is 0 Å². The van der Waals surface area contributed by atoms with Gasteiger partial charge in [0.15, 0.2) is 0 Å². The zero-order chi connectivity index (χ0) is 16.3. The third-order valence-electron chi connectivity index (χ3n) is 5.60. The van der Waals surface area contributed by atoms with Crippen molar-refractivity contribution in [3.05, 3.63) is 0 Å². The van der Waals surface area contributed by atoms with E-state index in [1.54, 1.807) is 4.90 Å². The predicted octanol–water partition coefficient (Wildman–Crippen LogP) is 2.40. The molecule has 0 aromatic carbocycles. The number of hydrogen-bond donors (Lipinski definition) is 1. The Morgan fingerprint density at radius 3 is 2.41 bits per heavy atom. The Hall–Kier alpha value is -1.10. The average Bonchev–Trinajstić information content (AvgIpc) is 2.92. The Morgan fingerprint density at radius 1 is 1.27 bits per heavy atom. The largest absolute Gasteiger partial charge is 0.481 e. The molecular formula is C17H29NO4. The summed E-state index contributed by atoms with van der Waals surface area (Å²) in [4.78, 5) is 26.0. The highest BCUT2D eigenvalue weighted by molar-refractivity contribution is 5.82. The number of hydrogen-bond acceptors (Lipinski definition) is 3. The van der Waals surface area contributed by atoms with Gasteiger partial charge in [-0.1, -0.05) is 13.8 Å². The van der Waals surface area contributed by atoms with Gasteiger partial charge in [-0.15, -0.1) is 0 Å². The fourth-order valence-electron chi connectivity index (χ4n) is 3.98. The molecule has 126 valence electrons. The van der Waals surface area contributed by atoms with Crippen molar-refractivity contribution in [2.75, 3.05) is 26.8 Å². The Balaban J connectivity index is 1.93. The molecule has 5 heteroatoms. The highest BCUT2D eigenvalue weighted by atomic mass is 16.5. The Morgan fingerprint density at radius 2 is 1.91 bits per heavy atom. The van der Waals surface area contributed by atoms with Gasteiger partial charge in [-0.2, -0.15) is 0 Å². The summed E-state index contributed by atoms with van der Waals surface area (Å²) in [5.74, 6) is 0.801. The minimum Gasteiger partial charge on any atom is -0.481 e. The smallest absolute Gasteiger partial charge is 0.313 e. The predicted molar refractivity (Wildman–Crippen MR) is 83.4 cm³/mol. The van der Waals surface area contributed by atoms with Crippen LogP contribution in [0.2, 0.25) is 0 Å². The molecular weight excluding hydrogens is 282 g/mol. The lowest BCUT2D eigenvalue weighted by Crippen LogP contribution is -2.42. The number of nitrogens with zero attached hydrogens (tertiary/aromatic N) is 1. The fourth-order valence-corrected chi connectivity index (χ4v) is 3.98. The summed E-state index contributed by atoms with van der Waals surface area (Å²) < 4.78 is 5.09. The van der Waals surface area contributed by atoms with Gasteiger partial charge >= 0.3 is 5.97 Å². The van der Waals surface area contributed by atoms with E-state index in [2.05, 4.69) is 13.8 Å². The van der Waals surface area contributed by atoms with E-state index in [1.807, 2.05) is 0 Å². The Labute approximate surface area is 133 Å². The molecule has 2 aliphatic rings. The molecule has 0 aromatic rings. The van der Waals surface area contributed by atoms with Crippen LogP contribution in [0.5, 0.6) is 0 Å². The number of aliphatic carboxylic acids is 1. The van der Waals surface area contributed by atoms with Crippen molar-refractivity contribution in [1.82, 2.24) is 4.90 Å². The topological polar surface area (TPSA) is 66.8 Å². The maximum Gasteiger partial charge on any atom is 0.313 e. The van der Waals surface area contributed by atoms with Crippen LogP contribution in [0.25, 0.3) is 0 Å². The van der Waals surface area contributed by atoms with Gasteiger partial charge in [0.25, 0.3) is 0 Å². The molecule has 1 unspecified atom stereocenters. The number of likely N-dealkylation sites (tertiary alicyclic amines) is 1. The summed E-state index contributed by atoms with van der Waals surface area (Å²) in [5.41, 5.74) is -0.917. The number of carboxylic acid groups (broad SMARTS) is 1. The molecule has 22 heavy (non-hydrogen) atoms. The van der Waals surface area contributed by atoms with Crippen molar-refractivity contribution in [2.45, 2.75) is 46.0 Å². The van der Waals surface area contributed by atoms with E-state index in [1.165, 1.54) is 7.11 Å². The summed E-state index contributed by atoms with van der Waals surface area (Å²) in [7, 11) is 1.52. The van der Waals surface area contributed by atoms with Crippen LogP contribution in [0, 0.1) is 23.2 Å². The Bertz CT molecular complexity index is 415. The van der Waals surface area contributed by atoms with Gasteiger partial charge in [0, 0.05) is 26.1 Å². The van der Waals surface area contributed by atoms with Gasteiger partial charge in [0.05, 0.1) is 6.61 Å². The molecule has 2 rings (SSSR count). The van der Waals surface area contributed by atoms with Crippen molar-refractivity contribution in [1.29, 1.82) is 0 Å². The van der Waals surface area contributed by atoms with Gasteiger partial charge in [0.1, 0.15) is 5.41 Å². The molecule has 1 aliphatic heterocycles. The number of carbonyl (C=O) groups excluding carboxylic acids is 1. The monoisotopic (exact) mass is 311 g/mol. The van der Waals surface area contributed by atoms with Crippen LogP contribution in [-0.2, 0) is 14.3 Å². The highest BCUT2D eigenvalue weighted by Gasteiger charge is 2.47. The SMILES string of the molecule is COCC1(C(=O)O)CCN(C(=O)C2CCC(C(C)C)CC2)C1. The second kappa shape index (κ2) is 6.99. The summed E-state index contributed by atoms with van der Waals surface area (Å²) >= 11 is 0. The molecule has 1 amide bonds. The first-order valence-corrected chi connectivity index (χ1v) is 8.41. The first-order valence-electron chi connectivity index (χ1n) is 8.41. The van der Waals surface area contributed by atoms with Gasteiger partial charge in [0.2, 0.25) is 5.91 Å². The Kier molecular flexibility index (Phi) is 5.48. The van der Waals surface area contributed by atoms with Crippen LogP contribution < -0.4 is 0 Å². The molecule has 1 heterocycles. The van der Waals surface area contributed by atoms with Gasteiger partial charge in [-0.05, 0) is 43.9 Å². The highest BCUT2D eigenvalue weighted by Crippen LogP contribution is 2.37. The van der Waals surface area contributed by atoms with Crippen LogP contribution in [0.3, 0.4) is 0 Å². The lowest BCUT2D eigenvalue weighted by molar-refractivity contribution is -0.152. The molecule has 1 aliphatic carbocycles. The summed E-state index contributed by atoms with van der Waals surface area (Å²) in [5, 5.41) is 9.48. The van der Waals surface area contributed by atoms with Crippen molar-refractivity contribution in [3.63, 3.8) is 0 Å². The number of methoxy groups -OCH3 is 1. The molecule has 0 spiro atoms. The zero-order valence-corrected chi connectivity index (χ0v) is 14.0. The molecule has 0 radical (unpaired) electrons. The summed E-state index contributed by atoms with van der Waals surface area (Å²) in [6, 6.07) is 0. The number of carboxylic acids is 1. The number of rotatable bonds is 5. The maximum absolute atomic E-state index is 12.7. The van der Waals surface area contributed by atoms with E-state index < -0.39 is 11.4 Å². The minimum absolute atomic E-state index is 0.0853. The number of amides is 1. The fraction of sp³-hybridized carbons (Fsp3) is 0.882. The van der Waals surface area contributed by atoms with Gasteiger partial charge < -0.3 is 14.7 Å². The molecule has 1 atom stereocenters. The zero-order valence-electron chi connectivity index (χ0n) is 14.0.